The summed E-state index contributed by atoms with van der Waals surface area (Å²) in [5, 5.41) is 12.2. The number of hydrogen-bond acceptors (Lipinski definition) is 4. The van der Waals surface area contributed by atoms with Gasteiger partial charge in [-0.2, -0.15) is 18.0 Å². The molecule has 0 atom stereocenters. The normalized spacial score (nSPS) is 16.8. The minimum atomic E-state index is -3.57. The van der Waals surface area contributed by atoms with Crippen molar-refractivity contribution in [2.45, 2.75) is 0 Å². The van der Waals surface area contributed by atoms with Crippen molar-refractivity contribution in [3.63, 3.8) is 0 Å². The second kappa shape index (κ2) is 5.57. The Labute approximate surface area is 113 Å². The lowest BCUT2D eigenvalue weighted by atomic mass is 10.2. The molecule has 0 aliphatic carbocycles. The molecule has 6 nitrogen and oxygen atoms in total. The summed E-state index contributed by atoms with van der Waals surface area (Å²) in [6.07, 6.45) is 0. The molecule has 102 valence electrons. The van der Waals surface area contributed by atoms with Gasteiger partial charge >= 0.3 is 10.2 Å². The lowest BCUT2D eigenvalue weighted by Gasteiger charge is -2.31. The van der Waals surface area contributed by atoms with Crippen molar-refractivity contribution in [1.82, 2.24) is 9.62 Å². The maximum absolute atomic E-state index is 12.5. The van der Waals surface area contributed by atoms with Crippen LogP contribution in [0, 0.1) is 11.3 Å². The molecule has 1 fully saturated rings. The van der Waals surface area contributed by atoms with E-state index in [1.165, 1.54) is 15.7 Å². The van der Waals surface area contributed by atoms with Crippen LogP contribution in [-0.2, 0) is 10.2 Å². The SMILES string of the molecule is CN(c1ccccc1C#N)S(=O)(=O)N1CCNCC1. The Bertz CT molecular complexity index is 588. The quantitative estimate of drug-likeness (QED) is 0.854. The molecule has 0 spiro atoms. The molecule has 7 heteroatoms. The largest absolute Gasteiger partial charge is 0.314 e. The Balaban J connectivity index is 2.32. The summed E-state index contributed by atoms with van der Waals surface area (Å²) in [7, 11) is -2.09. The standard InChI is InChI=1S/C12H16N4O2S/c1-15(12-5-3-2-4-11(12)10-13)19(17,18)16-8-6-14-7-9-16/h2-5,14H,6-9H2,1H3. The van der Waals surface area contributed by atoms with E-state index in [0.29, 0.717) is 37.4 Å². The lowest BCUT2D eigenvalue weighted by Crippen LogP contribution is -2.51. The van der Waals surface area contributed by atoms with Gasteiger partial charge in [0.1, 0.15) is 6.07 Å². The van der Waals surface area contributed by atoms with Gasteiger partial charge in [-0.15, -0.1) is 0 Å². The van der Waals surface area contributed by atoms with Crippen LogP contribution in [0.15, 0.2) is 24.3 Å². The fourth-order valence-corrected chi connectivity index (χ4v) is 3.41. The van der Waals surface area contributed by atoms with Gasteiger partial charge in [-0.3, -0.25) is 4.31 Å². The van der Waals surface area contributed by atoms with Crippen LogP contribution in [0.3, 0.4) is 0 Å². The molecule has 1 aromatic rings. The highest BCUT2D eigenvalue weighted by Gasteiger charge is 2.29. The molecule has 1 N–H and O–H groups in total. The molecule has 0 aromatic heterocycles. The van der Waals surface area contributed by atoms with Gasteiger partial charge in [-0.05, 0) is 12.1 Å². The third kappa shape index (κ3) is 2.71. The van der Waals surface area contributed by atoms with Crippen LogP contribution in [0.4, 0.5) is 5.69 Å². The van der Waals surface area contributed by atoms with Crippen LogP contribution < -0.4 is 9.62 Å². The number of para-hydroxylation sites is 1. The van der Waals surface area contributed by atoms with Gasteiger partial charge < -0.3 is 5.32 Å². The Kier molecular flexibility index (Phi) is 4.04. The first-order valence-electron chi connectivity index (χ1n) is 6.01. The zero-order valence-electron chi connectivity index (χ0n) is 10.7. The van der Waals surface area contributed by atoms with E-state index in [4.69, 9.17) is 5.26 Å². The van der Waals surface area contributed by atoms with Gasteiger partial charge in [-0.25, -0.2) is 0 Å². The molecule has 1 saturated heterocycles. The fourth-order valence-electron chi connectivity index (χ4n) is 2.02. The molecule has 0 unspecified atom stereocenters. The van der Waals surface area contributed by atoms with Crippen molar-refractivity contribution >= 4 is 15.9 Å². The molecular formula is C12H16N4O2S. The average molecular weight is 280 g/mol. The second-order valence-corrected chi connectivity index (χ2v) is 6.21. The minimum Gasteiger partial charge on any atom is -0.314 e. The van der Waals surface area contributed by atoms with Crippen molar-refractivity contribution in [2.75, 3.05) is 37.5 Å². The first kappa shape index (κ1) is 13.8. The maximum Gasteiger partial charge on any atom is 0.303 e. The Hall–Kier alpha value is -1.62. The van der Waals surface area contributed by atoms with E-state index in [1.54, 1.807) is 24.3 Å². The lowest BCUT2D eigenvalue weighted by molar-refractivity contribution is 0.359. The van der Waals surface area contributed by atoms with Crippen molar-refractivity contribution in [3.05, 3.63) is 29.8 Å². The third-order valence-electron chi connectivity index (χ3n) is 3.11. The zero-order valence-corrected chi connectivity index (χ0v) is 11.5. The highest BCUT2D eigenvalue weighted by atomic mass is 32.2. The molecular weight excluding hydrogens is 264 g/mol. The van der Waals surface area contributed by atoms with Gasteiger partial charge in [0, 0.05) is 33.2 Å². The number of nitrogens with one attached hydrogen (secondary N) is 1. The minimum absolute atomic E-state index is 0.351. The molecule has 1 aliphatic heterocycles. The molecule has 1 heterocycles. The van der Waals surface area contributed by atoms with Crippen molar-refractivity contribution < 1.29 is 8.42 Å². The summed E-state index contributed by atoms with van der Waals surface area (Å²) in [6, 6.07) is 8.70. The number of benzene rings is 1. The van der Waals surface area contributed by atoms with Crippen LogP contribution in [0.2, 0.25) is 0 Å². The van der Waals surface area contributed by atoms with E-state index in [0.717, 1.165) is 0 Å². The Morgan fingerprint density at radius 1 is 1.32 bits per heavy atom. The van der Waals surface area contributed by atoms with E-state index in [-0.39, 0.29) is 0 Å². The summed E-state index contributed by atoms with van der Waals surface area (Å²) in [5.74, 6) is 0. The predicted molar refractivity (Wildman–Crippen MR) is 72.9 cm³/mol. The van der Waals surface area contributed by atoms with Crippen LogP contribution in [0.25, 0.3) is 0 Å². The highest BCUT2D eigenvalue weighted by molar-refractivity contribution is 7.90. The number of nitrogens with zero attached hydrogens (tertiary/aromatic N) is 3. The van der Waals surface area contributed by atoms with E-state index >= 15 is 0 Å². The highest BCUT2D eigenvalue weighted by Crippen LogP contribution is 2.22. The van der Waals surface area contributed by atoms with E-state index in [9.17, 15) is 8.42 Å². The van der Waals surface area contributed by atoms with Gasteiger partial charge in [0.15, 0.2) is 0 Å². The van der Waals surface area contributed by atoms with Crippen LogP contribution in [-0.4, -0.2) is 45.9 Å². The first-order chi connectivity index (χ1) is 9.07. The topological polar surface area (TPSA) is 76.4 Å². The van der Waals surface area contributed by atoms with Crippen molar-refractivity contribution in [3.8, 4) is 6.07 Å². The van der Waals surface area contributed by atoms with Crippen LogP contribution in [0.1, 0.15) is 5.56 Å². The third-order valence-corrected chi connectivity index (χ3v) is 5.02. The Morgan fingerprint density at radius 2 is 1.95 bits per heavy atom. The molecule has 0 saturated carbocycles. The van der Waals surface area contributed by atoms with Gasteiger partial charge in [0.2, 0.25) is 0 Å². The van der Waals surface area contributed by atoms with Crippen molar-refractivity contribution in [1.29, 1.82) is 5.26 Å². The molecule has 1 aromatic carbocycles. The monoisotopic (exact) mass is 280 g/mol. The molecule has 0 amide bonds. The predicted octanol–water partition coefficient (Wildman–Crippen LogP) is 0.144. The summed E-state index contributed by atoms with van der Waals surface area (Å²) in [4.78, 5) is 0. The van der Waals surface area contributed by atoms with Crippen LogP contribution >= 0.6 is 0 Å². The van der Waals surface area contributed by atoms with Gasteiger partial charge in [0.25, 0.3) is 0 Å². The van der Waals surface area contributed by atoms with Crippen LogP contribution in [0.5, 0.6) is 0 Å². The average Bonchev–Trinajstić information content (AvgIpc) is 2.47. The maximum atomic E-state index is 12.5. The molecule has 19 heavy (non-hydrogen) atoms. The molecule has 0 radical (unpaired) electrons. The molecule has 0 bridgehead atoms. The summed E-state index contributed by atoms with van der Waals surface area (Å²) >= 11 is 0. The zero-order chi connectivity index (χ0) is 13.9. The van der Waals surface area contributed by atoms with E-state index in [1.807, 2.05) is 6.07 Å². The number of nitriles is 1. The van der Waals surface area contributed by atoms with Crippen molar-refractivity contribution in [2.24, 2.45) is 0 Å². The molecule has 2 rings (SSSR count). The number of rotatable bonds is 3. The Morgan fingerprint density at radius 3 is 2.58 bits per heavy atom. The number of piperazine rings is 1. The van der Waals surface area contributed by atoms with E-state index in [2.05, 4.69) is 5.32 Å². The summed E-state index contributed by atoms with van der Waals surface area (Å²) < 4.78 is 27.5. The number of hydrogen-bond donors (Lipinski definition) is 1. The first-order valence-corrected chi connectivity index (χ1v) is 7.41. The van der Waals surface area contributed by atoms with Gasteiger partial charge in [0.05, 0.1) is 11.3 Å². The summed E-state index contributed by atoms with van der Waals surface area (Å²) in [5.41, 5.74) is 0.757. The van der Waals surface area contributed by atoms with E-state index < -0.39 is 10.2 Å². The summed E-state index contributed by atoms with van der Waals surface area (Å²) in [6.45, 7) is 2.18. The fraction of sp³-hybridized carbons (Fsp3) is 0.417. The number of anilines is 1. The smallest absolute Gasteiger partial charge is 0.303 e. The van der Waals surface area contributed by atoms with Gasteiger partial charge in [-0.1, -0.05) is 12.1 Å². The second-order valence-electron chi connectivity index (χ2n) is 4.25. The molecule has 1 aliphatic rings.